The zero-order valence-corrected chi connectivity index (χ0v) is 12.2. The Bertz CT molecular complexity index is 401. The van der Waals surface area contributed by atoms with Gasteiger partial charge in [-0.05, 0) is 19.3 Å². The molecular weight excluding hydrogens is 220 g/mol. The van der Waals surface area contributed by atoms with Gasteiger partial charge in [0.1, 0.15) is 0 Å². The highest BCUT2D eigenvalue weighted by Crippen LogP contribution is 2.21. The van der Waals surface area contributed by atoms with Crippen LogP contribution in [0.5, 0.6) is 0 Å². The maximum atomic E-state index is 2.48. The van der Waals surface area contributed by atoms with Crippen LogP contribution in [0, 0.1) is 0 Å². The van der Waals surface area contributed by atoms with Crippen molar-refractivity contribution < 1.29 is 0 Å². The van der Waals surface area contributed by atoms with Crippen molar-refractivity contribution in [2.24, 2.45) is 0 Å². The lowest BCUT2D eigenvalue weighted by Crippen LogP contribution is -2.14. The molecule has 0 saturated carbocycles. The summed E-state index contributed by atoms with van der Waals surface area (Å²) in [5.41, 5.74) is 1.66. The van der Waals surface area contributed by atoms with Gasteiger partial charge in [-0.15, -0.1) is 0 Å². The van der Waals surface area contributed by atoms with Gasteiger partial charge in [-0.2, -0.15) is 0 Å². The second kappa shape index (κ2) is 6.60. The van der Waals surface area contributed by atoms with E-state index in [9.17, 15) is 0 Å². The van der Waals surface area contributed by atoms with Gasteiger partial charge >= 0.3 is 0 Å². The fourth-order valence-electron chi connectivity index (χ4n) is 2.37. The quantitative estimate of drug-likeness (QED) is 0.530. The van der Waals surface area contributed by atoms with Crippen LogP contribution in [0.2, 0.25) is 0 Å². The van der Waals surface area contributed by atoms with Gasteiger partial charge in [0.25, 0.3) is 0 Å². The number of hydrogen-bond donors (Lipinski definition) is 0. The molecule has 1 heteroatoms. The molecule has 0 atom stereocenters. The number of allylic oxidation sites excluding steroid dienone is 4. The first-order valence-electron chi connectivity index (χ1n) is 6.81. The minimum atomic E-state index is -0.211. The van der Waals surface area contributed by atoms with Crippen molar-refractivity contribution in [2.45, 2.75) is 39.0 Å². The smallest absolute Gasteiger partial charge is 0.0815 e. The van der Waals surface area contributed by atoms with Crippen LogP contribution < -0.4 is 5.19 Å². The molecule has 0 radical (unpaired) electrons. The summed E-state index contributed by atoms with van der Waals surface area (Å²) < 4.78 is 0. The Balaban J connectivity index is 1.83. The molecule has 90 valence electrons. The fourth-order valence-corrected chi connectivity index (χ4v) is 4.03. The molecule has 0 amide bonds. The number of hydrogen-bond acceptors (Lipinski definition) is 0. The molecule has 0 spiro atoms. The van der Waals surface area contributed by atoms with E-state index in [1.165, 1.54) is 32.1 Å². The average Bonchev–Trinajstić information content (AvgIpc) is 2.79. The largest absolute Gasteiger partial charge is 0.0871 e. The van der Waals surface area contributed by atoms with E-state index in [1.807, 2.05) is 0 Å². The maximum Gasteiger partial charge on any atom is 0.0871 e. The first-order valence-corrected chi connectivity index (χ1v) is 8.22. The Hall–Kier alpha value is -1.08. The number of unbranched alkanes of at least 4 members (excludes halogenated alkanes) is 2. The van der Waals surface area contributed by atoms with Gasteiger partial charge in [-0.1, -0.05) is 78.2 Å². The molecule has 0 nitrogen and oxygen atoms in total. The highest BCUT2D eigenvalue weighted by atomic mass is 28.2. The van der Waals surface area contributed by atoms with E-state index < -0.39 is 0 Å². The second-order valence-corrected chi connectivity index (χ2v) is 6.89. The lowest BCUT2D eigenvalue weighted by atomic mass is 10.1. The lowest BCUT2D eigenvalue weighted by molar-refractivity contribution is 0.709. The molecule has 1 aromatic rings. The summed E-state index contributed by atoms with van der Waals surface area (Å²) in [5.74, 6) is 0. The van der Waals surface area contributed by atoms with Crippen LogP contribution in [0.4, 0.5) is 0 Å². The predicted molar refractivity (Wildman–Crippen MR) is 79.5 cm³/mol. The zero-order chi connectivity index (χ0) is 11.9. The van der Waals surface area contributed by atoms with Gasteiger partial charge in [-0.25, -0.2) is 0 Å². The van der Waals surface area contributed by atoms with Crippen molar-refractivity contribution in [3.05, 3.63) is 53.3 Å². The molecule has 17 heavy (non-hydrogen) atoms. The lowest BCUT2D eigenvalue weighted by Gasteiger charge is -2.00. The van der Waals surface area contributed by atoms with Crippen molar-refractivity contribution in [3.63, 3.8) is 0 Å². The van der Waals surface area contributed by atoms with Crippen LogP contribution in [0.1, 0.15) is 39.0 Å². The SMILES string of the molecule is CCCCCC1=CC([SiH2]c2ccccc2)=CC1. The summed E-state index contributed by atoms with van der Waals surface area (Å²) >= 11 is 0. The highest BCUT2D eigenvalue weighted by molar-refractivity contribution is 6.61. The van der Waals surface area contributed by atoms with Gasteiger partial charge in [-0.3, -0.25) is 0 Å². The standard InChI is InChI=1S/C16H22Si/c1-2-3-5-8-14-11-12-16(13-14)17-15-9-6-4-7-10-15/h4,6-7,9-10,12-13H,2-3,5,8,11,17H2,1H3. The van der Waals surface area contributed by atoms with Crippen LogP contribution in [0.3, 0.4) is 0 Å². The molecule has 0 bridgehead atoms. The van der Waals surface area contributed by atoms with Crippen LogP contribution in [0.25, 0.3) is 0 Å². The Morgan fingerprint density at radius 3 is 2.71 bits per heavy atom. The van der Waals surface area contributed by atoms with Crippen molar-refractivity contribution in [2.75, 3.05) is 0 Å². The van der Waals surface area contributed by atoms with E-state index in [1.54, 1.807) is 16.0 Å². The van der Waals surface area contributed by atoms with E-state index in [4.69, 9.17) is 0 Å². The van der Waals surface area contributed by atoms with E-state index in [-0.39, 0.29) is 9.52 Å². The second-order valence-electron chi connectivity index (χ2n) is 4.91. The van der Waals surface area contributed by atoms with E-state index in [0.29, 0.717) is 0 Å². The molecule has 0 aromatic heterocycles. The minimum absolute atomic E-state index is 0.211. The molecule has 1 aromatic carbocycles. The van der Waals surface area contributed by atoms with Gasteiger partial charge < -0.3 is 0 Å². The highest BCUT2D eigenvalue weighted by Gasteiger charge is 2.07. The molecule has 0 aliphatic heterocycles. The molecule has 1 aliphatic carbocycles. The van der Waals surface area contributed by atoms with Gasteiger partial charge in [0.15, 0.2) is 0 Å². The van der Waals surface area contributed by atoms with E-state index in [0.717, 1.165) is 0 Å². The van der Waals surface area contributed by atoms with Gasteiger partial charge in [0.2, 0.25) is 0 Å². The summed E-state index contributed by atoms with van der Waals surface area (Å²) in [6, 6.07) is 11.0. The van der Waals surface area contributed by atoms with Crippen molar-refractivity contribution >= 4 is 14.7 Å². The third kappa shape index (κ3) is 4.01. The first kappa shape index (κ1) is 12.4. The monoisotopic (exact) mass is 242 g/mol. The van der Waals surface area contributed by atoms with Crippen molar-refractivity contribution in [3.8, 4) is 0 Å². The van der Waals surface area contributed by atoms with Crippen LogP contribution in [-0.4, -0.2) is 9.52 Å². The van der Waals surface area contributed by atoms with E-state index in [2.05, 4.69) is 49.4 Å². The van der Waals surface area contributed by atoms with Gasteiger partial charge in [0.05, 0.1) is 9.52 Å². The topological polar surface area (TPSA) is 0 Å². The van der Waals surface area contributed by atoms with Crippen LogP contribution in [-0.2, 0) is 0 Å². The molecule has 0 fully saturated rings. The summed E-state index contributed by atoms with van der Waals surface area (Å²) in [6.07, 6.45) is 11.6. The van der Waals surface area contributed by atoms with Crippen molar-refractivity contribution in [1.82, 2.24) is 0 Å². The Morgan fingerprint density at radius 1 is 1.12 bits per heavy atom. The Morgan fingerprint density at radius 2 is 1.94 bits per heavy atom. The molecule has 0 heterocycles. The zero-order valence-electron chi connectivity index (χ0n) is 10.8. The summed E-state index contributed by atoms with van der Waals surface area (Å²) in [7, 11) is -0.211. The maximum absolute atomic E-state index is 2.48. The molecule has 2 rings (SSSR count). The predicted octanol–water partition coefficient (Wildman–Crippen LogP) is 3.28. The Labute approximate surface area is 107 Å². The average molecular weight is 242 g/mol. The third-order valence-electron chi connectivity index (χ3n) is 3.37. The molecule has 0 saturated heterocycles. The normalized spacial score (nSPS) is 15.4. The third-order valence-corrected chi connectivity index (χ3v) is 5.15. The fraction of sp³-hybridized carbons (Fsp3) is 0.375. The van der Waals surface area contributed by atoms with Crippen molar-refractivity contribution in [1.29, 1.82) is 0 Å². The summed E-state index contributed by atoms with van der Waals surface area (Å²) in [6.45, 7) is 2.27. The summed E-state index contributed by atoms with van der Waals surface area (Å²) in [5, 5.41) is 3.20. The molecular formula is C16H22Si. The number of rotatable bonds is 6. The minimum Gasteiger partial charge on any atom is -0.0815 e. The molecule has 1 aliphatic rings. The molecule has 0 N–H and O–H groups in total. The van der Waals surface area contributed by atoms with E-state index >= 15 is 0 Å². The Kier molecular flexibility index (Phi) is 4.81. The molecule has 0 unspecified atom stereocenters. The first-order chi connectivity index (χ1) is 8.38. The summed E-state index contributed by atoms with van der Waals surface area (Å²) in [4.78, 5) is 0. The number of benzene rings is 1. The van der Waals surface area contributed by atoms with Gasteiger partial charge in [0, 0.05) is 0 Å². The van der Waals surface area contributed by atoms with Crippen LogP contribution in [0.15, 0.2) is 53.3 Å². The van der Waals surface area contributed by atoms with Crippen LogP contribution >= 0.6 is 0 Å².